The summed E-state index contributed by atoms with van der Waals surface area (Å²) < 4.78 is 5.67. The lowest BCUT2D eigenvalue weighted by Crippen LogP contribution is -2.44. The number of carbonyl (C=O) groups excluding carboxylic acids is 1. The number of hydrogen-bond acceptors (Lipinski definition) is 3. The first kappa shape index (κ1) is 15.1. The molecule has 0 aliphatic heterocycles. The van der Waals surface area contributed by atoms with E-state index in [0.29, 0.717) is 0 Å². The van der Waals surface area contributed by atoms with Gasteiger partial charge in [0.25, 0.3) is 0 Å². The van der Waals surface area contributed by atoms with Crippen LogP contribution in [0, 0.1) is 5.41 Å². The molecule has 0 fully saturated rings. The Kier molecular flexibility index (Phi) is 4.60. The van der Waals surface area contributed by atoms with Crippen LogP contribution >= 0.6 is 0 Å². The molecule has 110 valence electrons. The molecular weight excluding hydrogens is 264 g/mol. The number of rotatable bonds is 5. The summed E-state index contributed by atoms with van der Waals surface area (Å²) in [6, 6.07) is 17.9. The molecule has 21 heavy (non-hydrogen) atoms. The maximum Gasteiger partial charge on any atom is 0.242 e. The standard InChI is InChI=1S/C17H20N2O2/c1-17(2,16(20)19-18)12-21-15-10-8-14(9-11-15)13-6-4-3-5-7-13/h3-11H,12,18H2,1-2H3,(H,19,20). The molecule has 0 spiro atoms. The lowest BCUT2D eigenvalue weighted by atomic mass is 9.94. The second-order valence-corrected chi connectivity index (χ2v) is 5.54. The van der Waals surface area contributed by atoms with Gasteiger partial charge in [0.15, 0.2) is 0 Å². The number of nitrogens with two attached hydrogens (primary N) is 1. The molecule has 4 heteroatoms. The lowest BCUT2D eigenvalue weighted by molar-refractivity contribution is -0.130. The van der Waals surface area contributed by atoms with Gasteiger partial charge in [0.1, 0.15) is 12.4 Å². The summed E-state index contributed by atoms with van der Waals surface area (Å²) in [5.41, 5.74) is 3.77. The van der Waals surface area contributed by atoms with Crippen LogP contribution in [0.2, 0.25) is 0 Å². The molecule has 0 saturated heterocycles. The van der Waals surface area contributed by atoms with Gasteiger partial charge in [-0.05, 0) is 37.1 Å². The Morgan fingerprint density at radius 1 is 1.05 bits per heavy atom. The van der Waals surface area contributed by atoms with E-state index in [1.54, 1.807) is 13.8 Å². The highest BCUT2D eigenvalue weighted by molar-refractivity contribution is 5.81. The van der Waals surface area contributed by atoms with Gasteiger partial charge in [-0.3, -0.25) is 10.2 Å². The monoisotopic (exact) mass is 284 g/mol. The molecule has 0 saturated carbocycles. The number of benzene rings is 2. The van der Waals surface area contributed by atoms with Crippen LogP contribution in [0.15, 0.2) is 54.6 Å². The molecule has 2 rings (SSSR count). The smallest absolute Gasteiger partial charge is 0.242 e. The fraction of sp³-hybridized carbons (Fsp3) is 0.235. The molecule has 1 amide bonds. The molecule has 0 aromatic heterocycles. The summed E-state index contributed by atoms with van der Waals surface area (Å²) in [6.45, 7) is 3.84. The lowest BCUT2D eigenvalue weighted by Gasteiger charge is -2.22. The Bertz CT molecular complexity index is 592. The third-order valence-corrected chi connectivity index (χ3v) is 3.31. The zero-order valence-corrected chi connectivity index (χ0v) is 12.3. The first-order chi connectivity index (χ1) is 10.0. The SMILES string of the molecule is CC(C)(COc1ccc(-c2ccccc2)cc1)C(=O)NN. The van der Waals surface area contributed by atoms with Crippen LogP contribution in [-0.4, -0.2) is 12.5 Å². The van der Waals surface area contributed by atoms with E-state index in [1.807, 2.05) is 42.5 Å². The van der Waals surface area contributed by atoms with Crippen molar-refractivity contribution in [2.45, 2.75) is 13.8 Å². The highest BCUT2D eigenvalue weighted by Crippen LogP contribution is 2.23. The maximum absolute atomic E-state index is 11.6. The Labute approximate surface area is 124 Å². The van der Waals surface area contributed by atoms with Gasteiger partial charge in [0, 0.05) is 0 Å². The second-order valence-electron chi connectivity index (χ2n) is 5.54. The highest BCUT2D eigenvalue weighted by atomic mass is 16.5. The summed E-state index contributed by atoms with van der Waals surface area (Å²) in [7, 11) is 0. The number of hydrazine groups is 1. The van der Waals surface area contributed by atoms with Crippen molar-refractivity contribution in [3.63, 3.8) is 0 Å². The normalized spacial score (nSPS) is 11.0. The van der Waals surface area contributed by atoms with E-state index in [-0.39, 0.29) is 12.5 Å². The van der Waals surface area contributed by atoms with Crippen molar-refractivity contribution < 1.29 is 9.53 Å². The molecule has 0 atom stereocenters. The summed E-state index contributed by atoms with van der Waals surface area (Å²) in [5.74, 6) is 5.64. The van der Waals surface area contributed by atoms with Crippen molar-refractivity contribution in [1.82, 2.24) is 5.43 Å². The Hall–Kier alpha value is -2.33. The van der Waals surface area contributed by atoms with Crippen LogP contribution in [0.1, 0.15) is 13.8 Å². The minimum atomic E-state index is -0.674. The summed E-state index contributed by atoms with van der Waals surface area (Å²) in [4.78, 5) is 11.6. The largest absolute Gasteiger partial charge is 0.492 e. The number of hydrogen-bond donors (Lipinski definition) is 2. The molecule has 0 heterocycles. The van der Waals surface area contributed by atoms with Crippen molar-refractivity contribution in [2.75, 3.05) is 6.61 Å². The number of ether oxygens (including phenoxy) is 1. The van der Waals surface area contributed by atoms with Crippen LogP contribution in [-0.2, 0) is 4.79 Å². The highest BCUT2D eigenvalue weighted by Gasteiger charge is 2.27. The Balaban J connectivity index is 2.02. The van der Waals surface area contributed by atoms with Crippen LogP contribution in [0.3, 0.4) is 0 Å². The Morgan fingerprint density at radius 3 is 2.19 bits per heavy atom. The predicted molar refractivity (Wildman–Crippen MR) is 83.5 cm³/mol. The molecule has 0 aliphatic rings. The van der Waals surface area contributed by atoms with Crippen molar-refractivity contribution in [2.24, 2.45) is 11.3 Å². The molecular formula is C17H20N2O2. The molecule has 4 nitrogen and oxygen atoms in total. The van der Waals surface area contributed by atoms with Crippen LogP contribution in [0.4, 0.5) is 0 Å². The van der Waals surface area contributed by atoms with Gasteiger partial charge >= 0.3 is 0 Å². The van der Waals surface area contributed by atoms with Gasteiger partial charge in [0.2, 0.25) is 5.91 Å². The van der Waals surface area contributed by atoms with E-state index in [4.69, 9.17) is 10.6 Å². The van der Waals surface area contributed by atoms with Gasteiger partial charge in [-0.1, -0.05) is 42.5 Å². The fourth-order valence-electron chi connectivity index (χ4n) is 1.90. The first-order valence-corrected chi connectivity index (χ1v) is 6.82. The van der Waals surface area contributed by atoms with Gasteiger partial charge in [0.05, 0.1) is 5.41 Å². The summed E-state index contributed by atoms with van der Waals surface area (Å²) in [6.07, 6.45) is 0. The molecule has 2 aromatic carbocycles. The van der Waals surface area contributed by atoms with E-state index in [1.165, 1.54) is 0 Å². The summed E-state index contributed by atoms with van der Waals surface area (Å²) in [5, 5.41) is 0. The van der Waals surface area contributed by atoms with Crippen molar-refractivity contribution in [3.05, 3.63) is 54.6 Å². The minimum Gasteiger partial charge on any atom is -0.492 e. The third-order valence-electron chi connectivity index (χ3n) is 3.31. The number of nitrogens with one attached hydrogen (secondary N) is 1. The average molecular weight is 284 g/mol. The van der Waals surface area contributed by atoms with Crippen LogP contribution < -0.4 is 16.0 Å². The van der Waals surface area contributed by atoms with E-state index < -0.39 is 5.41 Å². The molecule has 3 N–H and O–H groups in total. The predicted octanol–water partition coefficient (Wildman–Crippen LogP) is 2.75. The Morgan fingerprint density at radius 2 is 1.62 bits per heavy atom. The first-order valence-electron chi connectivity index (χ1n) is 6.82. The number of amides is 1. The fourth-order valence-corrected chi connectivity index (χ4v) is 1.90. The van der Waals surface area contributed by atoms with Crippen LogP contribution in [0.5, 0.6) is 5.75 Å². The molecule has 0 radical (unpaired) electrons. The van der Waals surface area contributed by atoms with Crippen molar-refractivity contribution in [1.29, 1.82) is 0 Å². The van der Waals surface area contributed by atoms with E-state index in [9.17, 15) is 4.79 Å². The topological polar surface area (TPSA) is 64.3 Å². The van der Waals surface area contributed by atoms with E-state index >= 15 is 0 Å². The van der Waals surface area contributed by atoms with E-state index in [0.717, 1.165) is 16.9 Å². The average Bonchev–Trinajstić information content (AvgIpc) is 2.53. The molecule has 0 aliphatic carbocycles. The number of carbonyl (C=O) groups is 1. The van der Waals surface area contributed by atoms with E-state index in [2.05, 4.69) is 17.6 Å². The molecule has 0 bridgehead atoms. The van der Waals surface area contributed by atoms with Gasteiger partial charge in [-0.2, -0.15) is 0 Å². The quantitative estimate of drug-likeness (QED) is 0.504. The summed E-state index contributed by atoms with van der Waals surface area (Å²) >= 11 is 0. The van der Waals surface area contributed by atoms with Crippen molar-refractivity contribution in [3.8, 4) is 16.9 Å². The molecule has 0 unspecified atom stereocenters. The van der Waals surface area contributed by atoms with Gasteiger partial charge in [-0.25, -0.2) is 5.84 Å². The van der Waals surface area contributed by atoms with Gasteiger partial charge in [-0.15, -0.1) is 0 Å². The third kappa shape index (κ3) is 3.83. The zero-order chi connectivity index (χ0) is 15.3. The maximum atomic E-state index is 11.6. The zero-order valence-electron chi connectivity index (χ0n) is 12.3. The minimum absolute atomic E-state index is 0.247. The van der Waals surface area contributed by atoms with Gasteiger partial charge < -0.3 is 4.74 Å². The molecule has 2 aromatic rings. The van der Waals surface area contributed by atoms with Crippen LogP contribution in [0.25, 0.3) is 11.1 Å². The second kappa shape index (κ2) is 6.41. The van der Waals surface area contributed by atoms with Crippen molar-refractivity contribution >= 4 is 5.91 Å².